The van der Waals surface area contributed by atoms with Gasteiger partial charge in [0.15, 0.2) is 0 Å². The van der Waals surface area contributed by atoms with Crippen LogP contribution in [0.15, 0.2) is 54.2 Å². The van der Waals surface area contributed by atoms with Crippen LogP contribution in [0.25, 0.3) is 17.0 Å². The predicted molar refractivity (Wildman–Crippen MR) is 120 cm³/mol. The van der Waals surface area contributed by atoms with Gasteiger partial charge in [0.2, 0.25) is 0 Å². The summed E-state index contributed by atoms with van der Waals surface area (Å²) in [7, 11) is 0. The predicted octanol–water partition coefficient (Wildman–Crippen LogP) is 6.63. The van der Waals surface area contributed by atoms with Gasteiger partial charge in [-0.3, -0.25) is 4.79 Å². The summed E-state index contributed by atoms with van der Waals surface area (Å²) >= 11 is 0. The van der Waals surface area contributed by atoms with Crippen LogP contribution in [-0.2, 0) is 10.2 Å². The molecule has 1 heterocycles. The molecule has 3 nitrogen and oxygen atoms in total. The number of fused-ring (bicyclic) bond motifs is 1. The van der Waals surface area contributed by atoms with Gasteiger partial charge in [0, 0.05) is 33.9 Å². The smallest absolute Gasteiger partial charge is 0.251 e. The molecule has 1 aromatic heterocycles. The van der Waals surface area contributed by atoms with E-state index in [2.05, 4.69) is 75.3 Å². The first-order chi connectivity index (χ1) is 13.1. The topological polar surface area (TPSA) is 44.9 Å². The summed E-state index contributed by atoms with van der Waals surface area (Å²) in [6.45, 7) is 12.8. The van der Waals surface area contributed by atoms with Crippen LogP contribution in [0, 0.1) is 0 Å². The highest BCUT2D eigenvalue weighted by Crippen LogP contribution is 2.26. The number of hydrogen-bond donors (Lipinski definition) is 2. The SMILES string of the molecule is C/C(=C\c1c[nH]c2cc(C(C)C)ccc12)C(=O)Nc1ccc(C(C)(C)C)cc1. The van der Waals surface area contributed by atoms with E-state index in [4.69, 9.17) is 0 Å². The molecule has 0 unspecified atom stereocenters. The van der Waals surface area contributed by atoms with Crippen molar-refractivity contribution in [3.05, 3.63) is 70.9 Å². The van der Waals surface area contributed by atoms with Crippen LogP contribution in [0.4, 0.5) is 5.69 Å². The van der Waals surface area contributed by atoms with Crippen molar-refractivity contribution < 1.29 is 4.79 Å². The van der Waals surface area contributed by atoms with Crippen LogP contribution in [0.5, 0.6) is 0 Å². The third kappa shape index (κ3) is 4.36. The number of rotatable bonds is 4. The Morgan fingerprint density at radius 2 is 1.75 bits per heavy atom. The summed E-state index contributed by atoms with van der Waals surface area (Å²) in [5.41, 5.74) is 6.27. The molecule has 0 aliphatic rings. The number of aromatic nitrogens is 1. The van der Waals surface area contributed by atoms with Gasteiger partial charge < -0.3 is 10.3 Å². The van der Waals surface area contributed by atoms with Gasteiger partial charge in [-0.2, -0.15) is 0 Å². The highest BCUT2D eigenvalue weighted by molar-refractivity contribution is 6.07. The van der Waals surface area contributed by atoms with Crippen molar-refractivity contribution in [3.8, 4) is 0 Å². The van der Waals surface area contributed by atoms with Crippen LogP contribution in [0.3, 0.4) is 0 Å². The van der Waals surface area contributed by atoms with Crippen LogP contribution >= 0.6 is 0 Å². The van der Waals surface area contributed by atoms with E-state index in [1.165, 1.54) is 11.1 Å². The number of anilines is 1. The fourth-order valence-corrected chi connectivity index (χ4v) is 3.23. The number of nitrogens with one attached hydrogen (secondary N) is 2. The average molecular weight is 375 g/mol. The first-order valence-corrected chi connectivity index (χ1v) is 9.86. The van der Waals surface area contributed by atoms with Crippen molar-refractivity contribution in [1.29, 1.82) is 0 Å². The van der Waals surface area contributed by atoms with Gasteiger partial charge in [-0.15, -0.1) is 0 Å². The second kappa shape index (κ2) is 7.67. The number of hydrogen-bond acceptors (Lipinski definition) is 1. The molecular formula is C25H30N2O. The summed E-state index contributed by atoms with van der Waals surface area (Å²) in [4.78, 5) is 15.9. The maximum Gasteiger partial charge on any atom is 0.251 e. The van der Waals surface area contributed by atoms with Crippen LogP contribution in [0.1, 0.15) is 64.2 Å². The van der Waals surface area contributed by atoms with Gasteiger partial charge in [-0.05, 0) is 53.7 Å². The molecule has 28 heavy (non-hydrogen) atoms. The monoisotopic (exact) mass is 374 g/mol. The van der Waals surface area contributed by atoms with Crippen molar-refractivity contribution in [3.63, 3.8) is 0 Å². The fourth-order valence-electron chi connectivity index (χ4n) is 3.23. The van der Waals surface area contributed by atoms with Crippen LogP contribution in [0.2, 0.25) is 0 Å². The third-order valence-corrected chi connectivity index (χ3v) is 5.14. The molecule has 0 saturated heterocycles. The summed E-state index contributed by atoms with van der Waals surface area (Å²) in [5, 5.41) is 4.12. The number of aromatic amines is 1. The van der Waals surface area contributed by atoms with Gasteiger partial charge in [0.05, 0.1) is 0 Å². The summed E-state index contributed by atoms with van der Waals surface area (Å²) in [5.74, 6) is 0.403. The van der Waals surface area contributed by atoms with E-state index >= 15 is 0 Å². The minimum Gasteiger partial charge on any atom is -0.361 e. The number of carbonyl (C=O) groups is 1. The molecule has 2 N–H and O–H groups in total. The van der Waals surface area contributed by atoms with Gasteiger partial charge in [0.1, 0.15) is 0 Å². The lowest BCUT2D eigenvalue weighted by molar-refractivity contribution is -0.112. The maximum atomic E-state index is 12.6. The van der Waals surface area contributed by atoms with Gasteiger partial charge in [-0.1, -0.05) is 58.9 Å². The minimum atomic E-state index is -0.0864. The van der Waals surface area contributed by atoms with E-state index in [0.29, 0.717) is 11.5 Å². The highest BCUT2D eigenvalue weighted by Gasteiger charge is 2.13. The standard InChI is InChI=1S/C25H30N2O/c1-16(2)18-7-12-22-19(15-26-23(22)14-18)13-17(3)24(28)27-21-10-8-20(9-11-21)25(4,5)6/h7-16,26H,1-6H3,(H,27,28)/b17-13+. The first-order valence-electron chi connectivity index (χ1n) is 9.86. The van der Waals surface area contributed by atoms with E-state index in [1.807, 2.05) is 31.3 Å². The summed E-state index contributed by atoms with van der Waals surface area (Å²) in [6.07, 6.45) is 3.90. The molecule has 0 fully saturated rings. The fraction of sp³-hybridized carbons (Fsp3) is 0.320. The number of H-pyrrole nitrogens is 1. The van der Waals surface area contributed by atoms with E-state index in [-0.39, 0.29) is 11.3 Å². The van der Waals surface area contributed by atoms with Gasteiger partial charge >= 0.3 is 0 Å². The van der Waals surface area contributed by atoms with Crippen molar-refractivity contribution in [2.75, 3.05) is 5.32 Å². The maximum absolute atomic E-state index is 12.6. The molecule has 2 aromatic carbocycles. The van der Waals surface area contributed by atoms with Gasteiger partial charge in [-0.25, -0.2) is 0 Å². The van der Waals surface area contributed by atoms with Crippen molar-refractivity contribution >= 4 is 28.6 Å². The number of benzene rings is 2. The Kier molecular flexibility index (Phi) is 5.46. The quantitative estimate of drug-likeness (QED) is 0.495. The van der Waals surface area contributed by atoms with E-state index in [0.717, 1.165) is 22.2 Å². The number of carbonyl (C=O) groups excluding carboxylic acids is 1. The van der Waals surface area contributed by atoms with Crippen molar-refractivity contribution in [2.45, 2.75) is 52.9 Å². The normalized spacial score (nSPS) is 12.6. The summed E-state index contributed by atoms with van der Waals surface area (Å²) in [6, 6.07) is 14.5. The largest absolute Gasteiger partial charge is 0.361 e. The lowest BCUT2D eigenvalue weighted by Crippen LogP contribution is -2.14. The Morgan fingerprint density at radius 3 is 2.36 bits per heavy atom. The van der Waals surface area contributed by atoms with Crippen LogP contribution < -0.4 is 5.32 Å². The Balaban J connectivity index is 1.77. The average Bonchev–Trinajstić information content (AvgIpc) is 3.03. The zero-order chi connectivity index (χ0) is 20.5. The van der Waals surface area contributed by atoms with E-state index in [1.54, 1.807) is 0 Å². The molecule has 0 aliphatic heterocycles. The second-order valence-corrected chi connectivity index (χ2v) is 8.81. The Bertz CT molecular complexity index is 1010. The molecule has 0 spiro atoms. The zero-order valence-corrected chi connectivity index (χ0v) is 17.7. The van der Waals surface area contributed by atoms with Gasteiger partial charge in [0.25, 0.3) is 5.91 Å². The third-order valence-electron chi connectivity index (χ3n) is 5.14. The zero-order valence-electron chi connectivity index (χ0n) is 17.7. The molecular weight excluding hydrogens is 344 g/mol. The molecule has 0 aliphatic carbocycles. The Hall–Kier alpha value is -2.81. The Labute approximate surface area is 167 Å². The molecule has 3 heteroatoms. The lowest BCUT2D eigenvalue weighted by atomic mass is 9.87. The second-order valence-electron chi connectivity index (χ2n) is 8.81. The first kappa shape index (κ1) is 19.9. The molecule has 0 atom stereocenters. The molecule has 0 saturated carbocycles. The minimum absolute atomic E-state index is 0.0864. The van der Waals surface area contributed by atoms with Crippen LogP contribution in [-0.4, -0.2) is 10.9 Å². The number of amides is 1. The summed E-state index contributed by atoms with van der Waals surface area (Å²) < 4.78 is 0. The molecule has 3 aromatic rings. The molecule has 0 radical (unpaired) electrons. The highest BCUT2D eigenvalue weighted by atomic mass is 16.1. The lowest BCUT2D eigenvalue weighted by Gasteiger charge is -2.19. The van der Waals surface area contributed by atoms with E-state index in [9.17, 15) is 4.79 Å². The van der Waals surface area contributed by atoms with E-state index < -0.39 is 0 Å². The molecule has 0 bridgehead atoms. The van der Waals surface area contributed by atoms with Crippen molar-refractivity contribution in [1.82, 2.24) is 4.98 Å². The Morgan fingerprint density at radius 1 is 1.07 bits per heavy atom. The molecule has 146 valence electrons. The molecule has 1 amide bonds. The van der Waals surface area contributed by atoms with Crippen molar-refractivity contribution in [2.24, 2.45) is 0 Å². The molecule has 3 rings (SSSR count).